The average molecular weight is 451 g/mol. The number of piperidine rings is 1. The molecular formula is C21H31ClN6O3. The number of unbranched alkanes of at least 4 members (excludes halogenated alkanes) is 6. The zero-order valence-electron chi connectivity index (χ0n) is 17.6. The minimum Gasteiger partial charge on any atom is -0.384 e. The summed E-state index contributed by atoms with van der Waals surface area (Å²) < 4.78 is 1.09. The second-order valence-corrected chi connectivity index (χ2v) is 7.70. The van der Waals surface area contributed by atoms with Gasteiger partial charge in [-0.05, 0) is 37.9 Å². The number of carbonyl (C=O) groups is 2. The van der Waals surface area contributed by atoms with Crippen LogP contribution in [0.1, 0.15) is 63.8 Å². The topological polar surface area (TPSA) is 132 Å². The number of benzene rings is 1. The number of hydrogen-bond acceptors (Lipinski definition) is 7. The lowest BCUT2D eigenvalue weighted by Crippen LogP contribution is -2.45. The second-order valence-electron chi connectivity index (χ2n) is 7.70. The fraction of sp³-hybridized carbons (Fsp3) is 0.571. The minimum atomic E-state index is -0.820. The van der Waals surface area contributed by atoms with E-state index in [2.05, 4.69) is 20.9 Å². The number of nitrogens with two attached hydrogens (primary N) is 1. The van der Waals surface area contributed by atoms with Gasteiger partial charge < -0.3 is 11.1 Å². The number of rotatable bonds is 11. The van der Waals surface area contributed by atoms with Crippen LogP contribution < -0.4 is 21.9 Å². The largest absolute Gasteiger partial charge is 0.384 e. The van der Waals surface area contributed by atoms with Gasteiger partial charge in [0.2, 0.25) is 5.91 Å². The van der Waals surface area contributed by atoms with E-state index in [-0.39, 0.29) is 36.7 Å². The van der Waals surface area contributed by atoms with Crippen LogP contribution in [0.2, 0.25) is 0 Å². The third kappa shape index (κ3) is 6.48. The first-order valence-electron chi connectivity index (χ1n) is 10.8. The molecule has 2 amide bonds. The first kappa shape index (κ1) is 24.7. The van der Waals surface area contributed by atoms with Crippen LogP contribution in [0.4, 0.5) is 5.69 Å². The number of halogens is 1. The molecule has 9 nitrogen and oxygen atoms in total. The van der Waals surface area contributed by atoms with Crippen LogP contribution >= 0.6 is 12.4 Å². The number of nitrogens with one attached hydrogen (secondary N) is 2. The summed E-state index contributed by atoms with van der Waals surface area (Å²) in [7, 11) is 0. The quantitative estimate of drug-likeness (QED) is 0.353. The van der Waals surface area contributed by atoms with Crippen molar-refractivity contribution in [1.82, 2.24) is 20.3 Å². The van der Waals surface area contributed by atoms with Crippen LogP contribution in [0, 0.1) is 0 Å². The number of hydrogen-bond donors (Lipinski definition) is 3. The fourth-order valence-corrected chi connectivity index (χ4v) is 3.74. The smallest absolute Gasteiger partial charge is 0.280 e. The molecule has 1 atom stereocenters. The maximum Gasteiger partial charge on any atom is 0.280 e. The highest BCUT2D eigenvalue weighted by Crippen LogP contribution is 2.21. The van der Waals surface area contributed by atoms with E-state index in [0.717, 1.165) is 37.0 Å². The highest BCUT2D eigenvalue weighted by atomic mass is 35.5. The van der Waals surface area contributed by atoms with Gasteiger partial charge in [-0.2, -0.15) is 4.68 Å². The summed E-state index contributed by atoms with van der Waals surface area (Å²) in [6.45, 7) is 1.52. The van der Waals surface area contributed by atoms with Crippen molar-refractivity contribution in [2.24, 2.45) is 5.73 Å². The van der Waals surface area contributed by atoms with Crippen LogP contribution in [0.25, 0.3) is 10.9 Å². The lowest BCUT2D eigenvalue weighted by Gasteiger charge is -2.21. The number of carbonyl (C=O) groups excluding carboxylic acids is 2. The van der Waals surface area contributed by atoms with Crippen LogP contribution in [0.15, 0.2) is 23.0 Å². The molecule has 31 heavy (non-hydrogen) atoms. The van der Waals surface area contributed by atoms with Gasteiger partial charge in [-0.3, -0.25) is 19.7 Å². The first-order chi connectivity index (χ1) is 14.6. The van der Waals surface area contributed by atoms with Gasteiger partial charge in [0.15, 0.2) is 0 Å². The van der Waals surface area contributed by atoms with Crippen LogP contribution in [0.3, 0.4) is 0 Å². The van der Waals surface area contributed by atoms with Crippen molar-refractivity contribution in [2.75, 3.05) is 18.4 Å². The third-order valence-corrected chi connectivity index (χ3v) is 5.41. The molecule has 2 heterocycles. The summed E-state index contributed by atoms with van der Waals surface area (Å²) in [6, 6.07) is 4.57. The highest BCUT2D eigenvalue weighted by Gasteiger charge is 2.30. The molecule has 3 rings (SSSR count). The van der Waals surface area contributed by atoms with E-state index in [0.29, 0.717) is 16.6 Å². The molecule has 1 aromatic carbocycles. The van der Waals surface area contributed by atoms with E-state index in [1.807, 2.05) is 12.1 Å². The number of imide groups is 1. The molecule has 170 valence electrons. The van der Waals surface area contributed by atoms with Crippen molar-refractivity contribution in [2.45, 2.75) is 63.8 Å². The van der Waals surface area contributed by atoms with E-state index in [4.69, 9.17) is 5.73 Å². The Morgan fingerprint density at radius 3 is 2.48 bits per heavy atom. The van der Waals surface area contributed by atoms with Gasteiger partial charge in [0.1, 0.15) is 11.6 Å². The molecule has 4 N–H and O–H groups in total. The molecule has 1 aromatic heterocycles. The van der Waals surface area contributed by atoms with E-state index >= 15 is 0 Å². The maximum absolute atomic E-state index is 13.1. The maximum atomic E-state index is 13.1. The van der Waals surface area contributed by atoms with E-state index in [9.17, 15) is 14.4 Å². The summed E-state index contributed by atoms with van der Waals surface area (Å²) in [5.41, 5.74) is 6.30. The van der Waals surface area contributed by atoms with E-state index in [1.165, 1.54) is 25.7 Å². The van der Waals surface area contributed by atoms with Crippen LogP contribution in [-0.2, 0) is 9.59 Å². The number of anilines is 1. The Morgan fingerprint density at radius 2 is 1.77 bits per heavy atom. The molecule has 0 spiro atoms. The van der Waals surface area contributed by atoms with Gasteiger partial charge in [-0.1, -0.05) is 43.4 Å². The Balaban J connectivity index is 0.00000341. The van der Waals surface area contributed by atoms with Crippen LogP contribution in [0.5, 0.6) is 0 Å². The Morgan fingerprint density at radius 1 is 1.06 bits per heavy atom. The molecule has 1 aliphatic rings. The van der Waals surface area contributed by atoms with Crippen LogP contribution in [-0.4, -0.2) is 39.9 Å². The van der Waals surface area contributed by atoms with Gasteiger partial charge in [0.25, 0.3) is 11.5 Å². The summed E-state index contributed by atoms with van der Waals surface area (Å²) in [6.07, 6.45) is 8.49. The number of amides is 2. The normalized spacial score (nSPS) is 16.1. The summed E-state index contributed by atoms with van der Waals surface area (Å²) in [5.74, 6) is -0.848. The molecular weight excluding hydrogens is 420 g/mol. The zero-order valence-corrected chi connectivity index (χ0v) is 18.5. The Kier molecular flexibility index (Phi) is 9.87. The standard InChI is InChI=1S/C21H30N6O3.ClH/c22-13-6-4-2-1-3-5-7-14-23-15-9-8-10-16-19(15)21(30)27(26-25-16)17-11-12-18(28)24-20(17)29;/h8-10,17,23H,1-7,11-14,22H2,(H,24,28,29);1H. The molecule has 0 bridgehead atoms. The molecule has 1 fully saturated rings. The summed E-state index contributed by atoms with van der Waals surface area (Å²) in [4.78, 5) is 36.6. The van der Waals surface area contributed by atoms with Crippen molar-refractivity contribution >= 4 is 40.8 Å². The molecule has 0 saturated carbocycles. The summed E-state index contributed by atoms with van der Waals surface area (Å²) in [5, 5.41) is 14.1. The van der Waals surface area contributed by atoms with Crippen molar-refractivity contribution in [3.8, 4) is 0 Å². The number of aromatic nitrogens is 3. The molecule has 1 saturated heterocycles. The fourth-order valence-electron chi connectivity index (χ4n) is 3.74. The number of fused-ring (bicyclic) bond motifs is 1. The van der Waals surface area contributed by atoms with Crippen molar-refractivity contribution in [3.05, 3.63) is 28.6 Å². The SMILES string of the molecule is Cl.NCCCCCCCCCNc1cccc2nnn(C3CCC(=O)NC3=O)c(=O)c12. The second kappa shape index (κ2) is 12.4. The van der Waals surface area contributed by atoms with Gasteiger partial charge in [-0.15, -0.1) is 17.5 Å². The van der Waals surface area contributed by atoms with Gasteiger partial charge in [-0.25, -0.2) is 0 Å². The first-order valence-corrected chi connectivity index (χ1v) is 10.8. The van der Waals surface area contributed by atoms with E-state index in [1.54, 1.807) is 6.07 Å². The Labute approximate surface area is 187 Å². The predicted molar refractivity (Wildman–Crippen MR) is 122 cm³/mol. The van der Waals surface area contributed by atoms with Crippen molar-refractivity contribution in [1.29, 1.82) is 0 Å². The average Bonchev–Trinajstić information content (AvgIpc) is 2.73. The van der Waals surface area contributed by atoms with Crippen molar-refractivity contribution in [3.63, 3.8) is 0 Å². The van der Waals surface area contributed by atoms with Gasteiger partial charge >= 0.3 is 0 Å². The van der Waals surface area contributed by atoms with Crippen molar-refractivity contribution < 1.29 is 9.59 Å². The molecule has 1 unspecified atom stereocenters. The molecule has 1 aliphatic heterocycles. The number of nitrogens with zero attached hydrogens (tertiary/aromatic N) is 3. The lowest BCUT2D eigenvalue weighted by molar-refractivity contribution is -0.136. The molecule has 0 radical (unpaired) electrons. The highest BCUT2D eigenvalue weighted by molar-refractivity contribution is 5.99. The third-order valence-electron chi connectivity index (χ3n) is 5.41. The minimum absolute atomic E-state index is 0. The Bertz CT molecular complexity index is 948. The zero-order chi connectivity index (χ0) is 21.3. The van der Waals surface area contributed by atoms with E-state index < -0.39 is 11.9 Å². The lowest BCUT2D eigenvalue weighted by atomic mass is 10.1. The predicted octanol–water partition coefficient (Wildman–Crippen LogP) is 2.29. The monoisotopic (exact) mass is 450 g/mol. The molecule has 0 aliphatic carbocycles. The summed E-state index contributed by atoms with van der Waals surface area (Å²) >= 11 is 0. The van der Waals surface area contributed by atoms with Gasteiger partial charge in [0, 0.05) is 18.7 Å². The van der Waals surface area contributed by atoms with Gasteiger partial charge in [0.05, 0.1) is 5.39 Å². The Hall–Kier alpha value is -2.52. The molecule has 10 heteroatoms. The molecule has 2 aromatic rings.